The van der Waals surface area contributed by atoms with Crippen molar-refractivity contribution in [1.82, 2.24) is 20.0 Å². The molecule has 0 spiro atoms. The number of alkyl carbamates (subject to hydrolysis) is 1. The minimum Gasteiger partial charge on any atom is -0.453 e. The maximum atomic E-state index is 13.3. The predicted octanol–water partition coefficient (Wildman–Crippen LogP) is 0.939. The Labute approximate surface area is 235 Å². The van der Waals surface area contributed by atoms with Crippen LogP contribution in [0.15, 0.2) is 42.0 Å². The highest BCUT2D eigenvalue weighted by Gasteiger charge is 2.34. The lowest BCUT2D eigenvalue weighted by atomic mass is 9.76. The van der Waals surface area contributed by atoms with Crippen molar-refractivity contribution in [2.75, 3.05) is 46.4 Å². The fourth-order valence-electron chi connectivity index (χ4n) is 5.01. The van der Waals surface area contributed by atoms with E-state index in [1.807, 2.05) is 50.2 Å². The average Bonchev–Trinajstić information content (AvgIpc) is 2.95. The van der Waals surface area contributed by atoms with Gasteiger partial charge in [0.05, 0.1) is 19.6 Å². The minimum atomic E-state index is -1.78. The number of nitrogens with one attached hydrogen (secondary N) is 1. The summed E-state index contributed by atoms with van der Waals surface area (Å²) in [6.45, 7) is 6.46. The molecule has 2 saturated heterocycles. The maximum Gasteiger partial charge on any atom is 0.475 e. The van der Waals surface area contributed by atoms with E-state index in [1.165, 1.54) is 12.0 Å². The summed E-state index contributed by atoms with van der Waals surface area (Å²) in [5.41, 5.74) is 0.198. The van der Waals surface area contributed by atoms with Gasteiger partial charge in [0.2, 0.25) is 0 Å². The Balaban J connectivity index is 1.58. The second kappa shape index (κ2) is 14.2. The second-order valence-electron chi connectivity index (χ2n) is 10.5. The zero-order chi connectivity index (χ0) is 29.3. The Hall–Kier alpha value is -3.60. The number of amides is 3. The van der Waals surface area contributed by atoms with E-state index in [4.69, 9.17) is 9.47 Å². The molecule has 1 aromatic rings. The van der Waals surface area contributed by atoms with E-state index in [-0.39, 0.29) is 24.6 Å². The molecule has 3 amide bonds. The van der Waals surface area contributed by atoms with Gasteiger partial charge in [-0.3, -0.25) is 9.69 Å². The molecule has 2 aliphatic heterocycles. The van der Waals surface area contributed by atoms with Crippen molar-refractivity contribution in [3.8, 4) is 6.07 Å². The zero-order valence-corrected chi connectivity index (χ0v) is 23.3. The van der Waals surface area contributed by atoms with Crippen LogP contribution in [0.4, 0.5) is 9.59 Å². The normalized spacial score (nSPS) is 19.3. The van der Waals surface area contributed by atoms with Crippen LogP contribution in [0.25, 0.3) is 0 Å². The van der Waals surface area contributed by atoms with E-state index in [0.29, 0.717) is 45.6 Å². The van der Waals surface area contributed by atoms with Crippen molar-refractivity contribution < 1.29 is 33.9 Å². The lowest BCUT2D eigenvalue weighted by Crippen LogP contribution is -2.55. The van der Waals surface area contributed by atoms with Crippen LogP contribution >= 0.6 is 0 Å². The molecule has 12 nitrogen and oxygen atoms in total. The number of methoxy groups -OCH3 is 1. The van der Waals surface area contributed by atoms with Crippen molar-refractivity contribution in [1.29, 1.82) is 5.26 Å². The van der Waals surface area contributed by atoms with E-state index in [2.05, 4.69) is 10.2 Å². The van der Waals surface area contributed by atoms with Gasteiger partial charge < -0.3 is 34.6 Å². The summed E-state index contributed by atoms with van der Waals surface area (Å²) in [5, 5.41) is 31.8. The number of piperidine rings is 1. The Kier molecular flexibility index (Phi) is 11.0. The fourth-order valence-corrected chi connectivity index (χ4v) is 5.01. The molecule has 2 atom stereocenters. The Morgan fingerprint density at radius 1 is 1.15 bits per heavy atom. The van der Waals surface area contributed by atoms with E-state index < -0.39 is 36.7 Å². The molecule has 1 aromatic carbocycles. The topological polar surface area (TPSA) is 156 Å². The highest BCUT2D eigenvalue weighted by molar-refractivity contribution is 6.43. The standard InChI is InChI=1S/C27H38BN5O7/c1-27(2,33-14-12-31(13-15-33)26(36)39-3)17-21(18-29)24(34)32-11-7-10-22(19-32)40-25(35)30-23(28(37)38)16-20-8-5-4-6-9-20/h4-6,8-9,17,22-23,37-38H,7,10-16,19H2,1-3H3,(H,30,35)/b21-17+/t22-,23-/m0/s1. The first-order valence-corrected chi connectivity index (χ1v) is 13.4. The molecule has 3 rings (SSSR count). The lowest BCUT2D eigenvalue weighted by Gasteiger charge is -2.42. The SMILES string of the molecule is COC(=O)N1CCN(C(C)(C)/C=C(\C#N)C(=O)N2CCC[C@H](OC(=O)N[C@@H](Cc3ccccc3)B(O)O)C2)CC1. The van der Waals surface area contributed by atoms with Crippen LogP contribution in [0, 0.1) is 11.3 Å². The number of hydrogen-bond acceptors (Lipinski definition) is 9. The average molecular weight is 555 g/mol. The summed E-state index contributed by atoms with van der Waals surface area (Å²) in [6, 6.07) is 11.1. The maximum absolute atomic E-state index is 13.3. The number of benzene rings is 1. The number of hydrogen-bond donors (Lipinski definition) is 3. The summed E-state index contributed by atoms with van der Waals surface area (Å²) in [6.07, 6.45) is 1.17. The predicted molar refractivity (Wildman–Crippen MR) is 147 cm³/mol. The molecule has 0 bridgehead atoms. The van der Waals surface area contributed by atoms with Gasteiger partial charge in [-0.05, 0) is 44.7 Å². The molecule has 0 aliphatic carbocycles. The summed E-state index contributed by atoms with van der Waals surface area (Å²) in [7, 11) is -0.441. The highest BCUT2D eigenvalue weighted by Crippen LogP contribution is 2.23. The van der Waals surface area contributed by atoms with Crippen LogP contribution in [0.1, 0.15) is 32.3 Å². The van der Waals surface area contributed by atoms with Crippen LogP contribution in [0.5, 0.6) is 0 Å². The molecular weight excluding hydrogens is 517 g/mol. The Bertz CT molecular complexity index is 1100. The molecule has 2 fully saturated rings. The van der Waals surface area contributed by atoms with Gasteiger partial charge in [0.1, 0.15) is 17.7 Å². The largest absolute Gasteiger partial charge is 0.475 e. The first kappa shape index (κ1) is 30.9. The van der Waals surface area contributed by atoms with Crippen LogP contribution < -0.4 is 5.32 Å². The van der Waals surface area contributed by atoms with Crippen molar-refractivity contribution in [3.63, 3.8) is 0 Å². The van der Waals surface area contributed by atoms with E-state index >= 15 is 0 Å². The number of carbonyl (C=O) groups is 3. The lowest BCUT2D eigenvalue weighted by molar-refractivity contribution is -0.129. The number of nitriles is 1. The third-order valence-corrected chi connectivity index (χ3v) is 7.28. The minimum absolute atomic E-state index is 0.00294. The van der Waals surface area contributed by atoms with Crippen LogP contribution in [-0.2, 0) is 20.7 Å². The van der Waals surface area contributed by atoms with Crippen LogP contribution in [-0.4, -0.2) is 114 Å². The number of rotatable bonds is 8. The second-order valence-corrected chi connectivity index (χ2v) is 10.5. The van der Waals surface area contributed by atoms with Gasteiger partial charge in [0.15, 0.2) is 0 Å². The molecule has 3 N–H and O–H groups in total. The molecule has 13 heteroatoms. The number of likely N-dealkylation sites (tertiary alicyclic amines) is 1. The van der Waals surface area contributed by atoms with Crippen LogP contribution in [0.2, 0.25) is 0 Å². The molecule has 216 valence electrons. The van der Waals surface area contributed by atoms with E-state index in [0.717, 1.165) is 5.56 Å². The third kappa shape index (κ3) is 8.45. The zero-order valence-electron chi connectivity index (χ0n) is 23.3. The van der Waals surface area contributed by atoms with Gasteiger partial charge >= 0.3 is 19.3 Å². The summed E-state index contributed by atoms with van der Waals surface area (Å²) >= 11 is 0. The van der Waals surface area contributed by atoms with Gasteiger partial charge in [0.25, 0.3) is 5.91 Å². The monoisotopic (exact) mass is 555 g/mol. The molecule has 0 aromatic heterocycles. The number of carbonyl (C=O) groups excluding carboxylic acids is 3. The molecule has 0 saturated carbocycles. The Morgan fingerprint density at radius 3 is 2.42 bits per heavy atom. The molecule has 2 heterocycles. The molecule has 0 radical (unpaired) electrons. The van der Waals surface area contributed by atoms with Gasteiger partial charge in [-0.2, -0.15) is 5.26 Å². The van der Waals surface area contributed by atoms with E-state index in [1.54, 1.807) is 11.0 Å². The Morgan fingerprint density at radius 2 is 1.82 bits per heavy atom. The van der Waals surface area contributed by atoms with E-state index in [9.17, 15) is 29.7 Å². The molecule has 2 aliphatic rings. The number of ether oxygens (including phenoxy) is 2. The van der Waals surface area contributed by atoms with Gasteiger partial charge in [0, 0.05) is 38.3 Å². The highest BCUT2D eigenvalue weighted by atomic mass is 16.6. The summed E-state index contributed by atoms with van der Waals surface area (Å²) < 4.78 is 10.3. The molecule has 0 unspecified atom stereocenters. The number of nitrogens with zero attached hydrogens (tertiary/aromatic N) is 4. The molecule has 40 heavy (non-hydrogen) atoms. The van der Waals surface area contributed by atoms with Crippen molar-refractivity contribution in [2.45, 2.75) is 50.7 Å². The van der Waals surface area contributed by atoms with Crippen LogP contribution in [0.3, 0.4) is 0 Å². The smallest absolute Gasteiger partial charge is 0.453 e. The van der Waals surface area contributed by atoms with Gasteiger partial charge in [-0.25, -0.2) is 9.59 Å². The number of piperazine rings is 1. The van der Waals surface area contributed by atoms with Crippen molar-refractivity contribution in [2.24, 2.45) is 0 Å². The summed E-state index contributed by atoms with van der Waals surface area (Å²) in [4.78, 5) is 42.9. The molecular formula is C27H38BN5O7. The first-order chi connectivity index (χ1) is 19.0. The van der Waals surface area contributed by atoms with Gasteiger partial charge in [-0.15, -0.1) is 0 Å². The fraction of sp³-hybridized carbons (Fsp3) is 0.556. The first-order valence-electron chi connectivity index (χ1n) is 13.4. The van der Waals surface area contributed by atoms with Crippen molar-refractivity contribution >= 4 is 25.2 Å². The third-order valence-electron chi connectivity index (χ3n) is 7.28. The van der Waals surface area contributed by atoms with Gasteiger partial charge in [-0.1, -0.05) is 30.3 Å². The summed E-state index contributed by atoms with van der Waals surface area (Å²) in [5.74, 6) is -1.41. The quantitative estimate of drug-likeness (QED) is 0.241. The van der Waals surface area contributed by atoms with Crippen molar-refractivity contribution in [3.05, 3.63) is 47.5 Å².